The van der Waals surface area contributed by atoms with Gasteiger partial charge in [0, 0.05) is 19.2 Å². The van der Waals surface area contributed by atoms with Crippen molar-refractivity contribution in [2.45, 2.75) is 76.2 Å². The molecule has 2 saturated carbocycles. The fourth-order valence-corrected chi connectivity index (χ4v) is 4.42. The van der Waals surface area contributed by atoms with E-state index in [1.165, 1.54) is 6.42 Å². The second-order valence-corrected chi connectivity index (χ2v) is 7.53. The Bertz CT molecular complexity index is 371. The molecule has 4 rings (SSSR count). The van der Waals surface area contributed by atoms with Gasteiger partial charge in [-0.25, -0.2) is 4.79 Å². The third-order valence-electron chi connectivity index (χ3n) is 4.91. The lowest BCUT2D eigenvalue weighted by Crippen LogP contribution is -2.66. The van der Waals surface area contributed by atoms with E-state index in [-0.39, 0.29) is 11.7 Å². The van der Waals surface area contributed by atoms with E-state index in [4.69, 9.17) is 9.47 Å². The molecule has 2 atom stereocenters. The molecule has 4 heteroatoms. The zero-order chi connectivity index (χ0) is 13.8. The largest absolute Gasteiger partial charge is 0.444 e. The monoisotopic (exact) mass is 267 g/mol. The summed E-state index contributed by atoms with van der Waals surface area (Å²) in [4.78, 5) is 14.4. The first kappa shape index (κ1) is 13.2. The van der Waals surface area contributed by atoms with Gasteiger partial charge in [-0.2, -0.15) is 0 Å². The summed E-state index contributed by atoms with van der Waals surface area (Å²) in [5.74, 6) is 0.733. The van der Waals surface area contributed by atoms with Crippen molar-refractivity contribution in [3.8, 4) is 0 Å². The van der Waals surface area contributed by atoms with Crippen LogP contribution in [0.5, 0.6) is 0 Å². The smallest absolute Gasteiger partial charge is 0.410 e. The number of nitrogens with zero attached hydrogens (tertiary/aromatic N) is 1. The van der Waals surface area contributed by atoms with Gasteiger partial charge in [0.2, 0.25) is 0 Å². The molecule has 0 spiro atoms. The van der Waals surface area contributed by atoms with E-state index < -0.39 is 5.60 Å². The zero-order valence-corrected chi connectivity index (χ0v) is 12.4. The van der Waals surface area contributed by atoms with Crippen molar-refractivity contribution in [3.63, 3.8) is 0 Å². The highest BCUT2D eigenvalue weighted by molar-refractivity contribution is 5.69. The Balaban J connectivity index is 1.77. The molecule has 0 aromatic heterocycles. The summed E-state index contributed by atoms with van der Waals surface area (Å²) >= 11 is 0. The molecule has 2 aliphatic heterocycles. The normalized spacial score (nSPS) is 40.6. The van der Waals surface area contributed by atoms with Crippen LogP contribution in [0, 0.1) is 5.92 Å². The molecule has 2 heterocycles. The Morgan fingerprint density at radius 1 is 1.16 bits per heavy atom. The molecule has 0 N–H and O–H groups in total. The summed E-state index contributed by atoms with van der Waals surface area (Å²) in [7, 11) is 1.82. The van der Waals surface area contributed by atoms with Gasteiger partial charge in [-0.3, -0.25) is 0 Å². The number of hydrogen-bond acceptors (Lipinski definition) is 3. The second-order valence-electron chi connectivity index (χ2n) is 7.53. The molecule has 2 unspecified atom stereocenters. The minimum absolute atomic E-state index is 0.0367. The lowest BCUT2D eigenvalue weighted by atomic mass is 9.61. The Hall–Kier alpha value is -0.770. The average Bonchev–Trinajstić information content (AvgIpc) is 2.25. The molecular weight excluding hydrogens is 242 g/mol. The number of ether oxygens (including phenoxy) is 2. The molecule has 1 amide bonds. The fourth-order valence-electron chi connectivity index (χ4n) is 4.42. The van der Waals surface area contributed by atoms with Crippen LogP contribution in [0.25, 0.3) is 0 Å². The van der Waals surface area contributed by atoms with E-state index in [0.717, 1.165) is 31.6 Å². The highest BCUT2D eigenvalue weighted by Gasteiger charge is 2.56. The predicted molar refractivity (Wildman–Crippen MR) is 72.0 cm³/mol. The zero-order valence-electron chi connectivity index (χ0n) is 12.4. The van der Waals surface area contributed by atoms with Crippen LogP contribution < -0.4 is 0 Å². The summed E-state index contributed by atoms with van der Waals surface area (Å²) in [6, 6.07) is 0.641. The van der Waals surface area contributed by atoms with Gasteiger partial charge >= 0.3 is 6.09 Å². The van der Waals surface area contributed by atoms with Crippen LogP contribution in [-0.4, -0.2) is 41.4 Å². The molecule has 19 heavy (non-hydrogen) atoms. The predicted octanol–water partition coefficient (Wildman–Crippen LogP) is 2.95. The van der Waals surface area contributed by atoms with Gasteiger partial charge in [-0.05, 0) is 58.8 Å². The average molecular weight is 267 g/mol. The van der Waals surface area contributed by atoms with Crippen molar-refractivity contribution in [2.75, 3.05) is 7.11 Å². The van der Waals surface area contributed by atoms with Gasteiger partial charge in [0.1, 0.15) is 5.60 Å². The molecule has 0 aromatic carbocycles. The molecule has 0 aromatic rings. The number of carbonyl (C=O) groups excluding carboxylic acids is 1. The first-order valence-electron chi connectivity index (χ1n) is 7.38. The van der Waals surface area contributed by atoms with Gasteiger partial charge in [-0.1, -0.05) is 0 Å². The minimum Gasteiger partial charge on any atom is -0.444 e. The van der Waals surface area contributed by atoms with E-state index in [0.29, 0.717) is 12.1 Å². The van der Waals surface area contributed by atoms with Crippen molar-refractivity contribution < 1.29 is 14.3 Å². The lowest BCUT2D eigenvalue weighted by Gasteiger charge is -2.60. The fraction of sp³-hybridized carbons (Fsp3) is 0.933. The topological polar surface area (TPSA) is 38.8 Å². The van der Waals surface area contributed by atoms with Crippen molar-refractivity contribution >= 4 is 6.09 Å². The quantitative estimate of drug-likeness (QED) is 0.733. The number of hydrogen-bond donors (Lipinski definition) is 0. The Labute approximate surface area is 115 Å². The summed E-state index contributed by atoms with van der Waals surface area (Å²) in [5, 5.41) is 0. The SMILES string of the molecule is COC12CC3CC(C1)N(C(=O)OC(C)(C)C)C(C3)C2. The maximum absolute atomic E-state index is 12.4. The van der Waals surface area contributed by atoms with Crippen LogP contribution in [-0.2, 0) is 9.47 Å². The van der Waals surface area contributed by atoms with Gasteiger partial charge in [-0.15, -0.1) is 0 Å². The van der Waals surface area contributed by atoms with Crippen LogP contribution in [0.15, 0.2) is 0 Å². The number of piperidine rings is 2. The van der Waals surface area contributed by atoms with Crippen LogP contribution in [0.2, 0.25) is 0 Å². The number of carbonyl (C=O) groups is 1. The van der Waals surface area contributed by atoms with Crippen LogP contribution in [0.1, 0.15) is 52.9 Å². The molecule has 4 aliphatic rings. The first-order chi connectivity index (χ1) is 8.82. The third kappa shape index (κ3) is 2.24. The van der Waals surface area contributed by atoms with Crippen molar-refractivity contribution in [2.24, 2.45) is 5.92 Å². The summed E-state index contributed by atoms with van der Waals surface area (Å²) in [6.07, 6.45) is 5.26. The van der Waals surface area contributed by atoms with Crippen molar-refractivity contribution in [1.82, 2.24) is 4.90 Å². The van der Waals surface area contributed by atoms with Gasteiger partial charge in [0.25, 0.3) is 0 Å². The van der Waals surface area contributed by atoms with Crippen LogP contribution >= 0.6 is 0 Å². The Morgan fingerprint density at radius 3 is 2.21 bits per heavy atom. The number of rotatable bonds is 1. The van der Waals surface area contributed by atoms with Crippen LogP contribution in [0.3, 0.4) is 0 Å². The highest BCUT2D eigenvalue weighted by atomic mass is 16.6. The van der Waals surface area contributed by atoms with E-state index in [1.807, 2.05) is 32.8 Å². The summed E-state index contributed by atoms with van der Waals surface area (Å²) < 4.78 is 11.4. The molecule has 4 nitrogen and oxygen atoms in total. The van der Waals surface area contributed by atoms with E-state index in [2.05, 4.69) is 0 Å². The maximum Gasteiger partial charge on any atom is 0.410 e. The molecule has 4 fully saturated rings. The molecular formula is C15H25NO3. The standard InChI is InChI=1S/C15H25NO3/c1-14(2,3)19-13(17)16-11-5-10-6-12(16)9-15(7-10,8-11)18-4/h10-12H,5-9H2,1-4H3. The molecule has 0 radical (unpaired) electrons. The molecule has 2 aliphatic carbocycles. The number of methoxy groups -OCH3 is 1. The molecule has 108 valence electrons. The van der Waals surface area contributed by atoms with Gasteiger partial charge in [0.05, 0.1) is 5.60 Å². The third-order valence-corrected chi connectivity index (χ3v) is 4.91. The van der Waals surface area contributed by atoms with E-state index >= 15 is 0 Å². The van der Waals surface area contributed by atoms with Crippen LogP contribution in [0.4, 0.5) is 4.79 Å². The molecule has 2 saturated heterocycles. The van der Waals surface area contributed by atoms with Crippen molar-refractivity contribution in [1.29, 1.82) is 0 Å². The van der Waals surface area contributed by atoms with E-state index in [9.17, 15) is 4.79 Å². The van der Waals surface area contributed by atoms with Gasteiger partial charge < -0.3 is 14.4 Å². The second kappa shape index (κ2) is 4.11. The maximum atomic E-state index is 12.4. The van der Waals surface area contributed by atoms with Gasteiger partial charge in [0.15, 0.2) is 0 Å². The highest BCUT2D eigenvalue weighted by Crippen LogP contribution is 2.53. The summed E-state index contributed by atoms with van der Waals surface area (Å²) in [6.45, 7) is 5.79. The minimum atomic E-state index is -0.412. The Morgan fingerprint density at radius 2 is 1.74 bits per heavy atom. The number of amides is 1. The lowest BCUT2D eigenvalue weighted by molar-refractivity contribution is -0.167. The Kier molecular flexibility index (Phi) is 2.86. The molecule has 4 bridgehead atoms. The summed E-state index contributed by atoms with van der Waals surface area (Å²) in [5.41, 5.74) is -0.375. The first-order valence-corrected chi connectivity index (χ1v) is 7.38. The van der Waals surface area contributed by atoms with Crippen molar-refractivity contribution in [3.05, 3.63) is 0 Å². The van der Waals surface area contributed by atoms with E-state index in [1.54, 1.807) is 0 Å².